The van der Waals surface area contributed by atoms with Crippen molar-refractivity contribution in [2.75, 3.05) is 0 Å². The van der Waals surface area contributed by atoms with Gasteiger partial charge in [0.15, 0.2) is 0 Å². The second kappa shape index (κ2) is 6.05. The molecular weight excluding hydrogens is 174 g/mol. The van der Waals surface area contributed by atoms with Crippen LogP contribution >= 0.6 is 0 Å². The van der Waals surface area contributed by atoms with E-state index in [9.17, 15) is 4.79 Å². The van der Waals surface area contributed by atoms with Crippen LogP contribution in [0.15, 0.2) is 0 Å². The van der Waals surface area contributed by atoms with Crippen molar-refractivity contribution in [1.29, 1.82) is 0 Å². The molecule has 2 unspecified atom stereocenters. The maximum atomic E-state index is 11.5. The summed E-state index contributed by atoms with van der Waals surface area (Å²) < 4.78 is 0. The molecule has 0 radical (unpaired) electrons. The van der Waals surface area contributed by atoms with Gasteiger partial charge in [-0.25, -0.2) is 0 Å². The van der Waals surface area contributed by atoms with Crippen molar-refractivity contribution in [3.8, 4) is 0 Å². The third-order valence-electron chi connectivity index (χ3n) is 3.07. The first-order chi connectivity index (χ1) is 6.72. The smallest absolute Gasteiger partial charge is 0.220 e. The summed E-state index contributed by atoms with van der Waals surface area (Å²) in [4.78, 5) is 11.5. The van der Waals surface area contributed by atoms with Gasteiger partial charge in [-0.15, -0.1) is 0 Å². The number of nitrogens with one attached hydrogen (secondary N) is 1. The zero-order chi connectivity index (χ0) is 10.4. The van der Waals surface area contributed by atoms with E-state index in [2.05, 4.69) is 19.2 Å². The van der Waals surface area contributed by atoms with Crippen LogP contribution in [-0.2, 0) is 4.79 Å². The molecule has 2 atom stereocenters. The van der Waals surface area contributed by atoms with Crippen LogP contribution in [0.5, 0.6) is 0 Å². The number of carbonyl (C=O) groups is 1. The molecule has 0 aliphatic heterocycles. The first-order valence-electron chi connectivity index (χ1n) is 6.01. The first kappa shape index (κ1) is 11.5. The van der Waals surface area contributed by atoms with E-state index in [-0.39, 0.29) is 5.91 Å². The number of unbranched alkanes of at least 4 members (excludes halogenated alkanes) is 2. The molecule has 0 saturated heterocycles. The van der Waals surface area contributed by atoms with Crippen molar-refractivity contribution in [2.24, 2.45) is 5.92 Å². The van der Waals surface area contributed by atoms with E-state index >= 15 is 0 Å². The van der Waals surface area contributed by atoms with Crippen LogP contribution in [0.2, 0.25) is 0 Å². The highest BCUT2D eigenvalue weighted by atomic mass is 16.1. The van der Waals surface area contributed by atoms with Crippen LogP contribution in [0.25, 0.3) is 0 Å². The van der Waals surface area contributed by atoms with E-state index in [4.69, 9.17) is 0 Å². The van der Waals surface area contributed by atoms with Crippen molar-refractivity contribution in [3.05, 3.63) is 0 Å². The summed E-state index contributed by atoms with van der Waals surface area (Å²) in [6, 6.07) is 0.471. The van der Waals surface area contributed by atoms with Crippen molar-refractivity contribution < 1.29 is 4.79 Å². The third-order valence-corrected chi connectivity index (χ3v) is 3.07. The van der Waals surface area contributed by atoms with E-state index in [0.717, 1.165) is 18.8 Å². The molecule has 0 aromatic rings. The Balaban J connectivity index is 2.08. The fraction of sp³-hybridized carbons (Fsp3) is 0.917. The predicted molar refractivity (Wildman–Crippen MR) is 59.1 cm³/mol. The molecule has 1 amide bonds. The topological polar surface area (TPSA) is 29.1 Å². The molecule has 1 aliphatic carbocycles. The molecule has 2 nitrogen and oxygen atoms in total. The lowest BCUT2D eigenvalue weighted by Crippen LogP contribution is -2.32. The summed E-state index contributed by atoms with van der Waals surface area (Å²) >= 11 is 0. The van der Waals surface area contributed by atoms with Crippen LogP contribution in [-0.4, -0.2) is 11.9 Å². The van der Waals surface area contributed by atoms with Crippen LogP contribution < -0.4 is 5.32 Å². The van der Waals surface area contributed by atoms with E-state index < -0.39 is 0 Å². The molecule has 2 heteroatoms. The molecule has 14 heavy (non-hydrogen) atoms. The lowest BCUT2D eigenvalue weighted by molar-refractivity contribution is -0.121. The Morgan fingerprint density at radius 1 is 1.36 bits per heavy atom. The van der Waals surface area contributed by atoms with Gasteiger partial charge in [0.1, 0.15) is 0 Å². The Morgan fingerprint density at radius 2 is 2.14 bits per heavy atom. The molecule has 1 aliphatic rings. The Hall–Kier alpha value is -0.530. The largest absolute Gasteiger partial charge is 0.353 e. The van der Waals surface area contributed by atoms with Crippen molar-refractivity contribution in [2.45, 2.75) is 64.8 Å². The quantitative estimate of drug-likeness (QED) is 0.675. The molecule has 1 fully saturated rings. The van der Waals surface area contributed by atoms with E-state index in [1.165, 1.54) is 32.1 Å². The number of carbonyl (C=O) groups excluding carboxylic acids is 1. The van der Waals surface area contributed by atoms with E-state index in [0.29, 0.717) is 6.04 Å². The summed E-state index contributed by atoms with van der Waals surface area (Å²) in [5.41, 5.74) is 0. The molecule has 1 rings (SSSR count). The van der Waals surface area contributed by atoms with Crippen LogP contribution in [0, 0.1) is 5.92 Å². The SMILES string of the molecule is CCCCCC(=O)NC1CCC(C)C1. The summed E-state index contributed by atoms with van der Waals surface area (Å²) in [5, 5.41) is 3.13. The zero-order valence-corrected chi connectivity index (χ0v) is 9.51. The fourth-order valence-corrected chi connectivity index (χ4v) is 2.17. The average molecular weight is 197 g/mol. The van der Waals surface area contributed by atoms with Gasteiger partial charge in [-0.1, -0.05) is 26.7 Å². The van der Waals surface area contributed by atoms with Gasteiger partial charge in [-0.3, -0.25) is 4.79 Å². The molecule has 0 aromatic heterocycles. The molecule has 1 N–H and O–H groups in total. The Labute approximate surface area is 87.5 Å². The molecule has 0 heterocycles. The molecular formula is C12H23NO. The lowest BCUT2D eigenvalue weighted by atomic mass is 10.1. The van der Waals surface area contributed by atoms with Crippen LogP contribution in [0.1, 0.15) is 58.8 Å². The standard InChI is InChI=1S/C12H23NO/c1-3-4-5-6-12(14)13-11-8-7-10(2)9-11/h10-11H,3-9H2,1-2H3,(H,13,14). The zero-order valence-electron chi connectivity index (χ0n) is 9.51. The predicted octanol–water partition coefficient (Wildman–Crippen LogP) is 2.87. The minimum Gasteiger partial charge on any atom is -0.353 e. The highest BCUT2D eigenvalue weighted by Crippen LogP contribution is 2.24. The highest BCUT2D eigenvalue weighted by Gasteiger charge is 2.22. The monoisotopic (exact) mass is 197 g/mol. The van der Waals surface area contributed by atoms with Crippen molar-refractivity contribution >= 4 is 5.91 Å². The minimum atomic E-state index is 0.262. The van der Waals surface area contributed by atoms with Crippen LogP contribution in [0.3, 0.4) is 0 Å². The first-order valence-corrected chi connectivity index (χ1v) is 6.01. The van der Waals surface area contributed by atoms with Crippen LogP contribution in [0.4, 0.5) is 0 Å². The van der Waals surface area contributed by atoms with Gasteiger partial charge in [0.2, 0.25) is 5.91 Å². The van der Waals surface area contributed by atoms with Gasteiger partial charge < -0.3 is 5.32 Å². The number of hydrogen-bond acceptors (Lipinski definition) is 1. The average Bonchev–Trinajstić information content (AvgIpc) is 2.52. The van der Waals surface area contributed by atoms with Gasteiger partial charge in [0, 0.05) is 12.5 Å². The summed E-state index contributed by atoms with van der Waals surface area (Å²) in [6.07, 6.45) is 7.77. The molecule has 1 saturated carbocycles. The van der Waals surface area contributed by atoms with E-state index in [1.54, 1.807) is 0 Å². The van der Waals surface area contributed by atoms with Gasteiger partial charge in [0.25, 0.3) is 0 Å². The van der Waals surface area contributed by atoms with Gasteiger partial charge in [-0.05, 0) is 31.6 Å². The number of amides is 1. The maximum absolute atomic E-state index is 11.5. The maximum Gasteiger partial charge on any atom is 0.220 e. The second-order valence-corrected chi connectivity index (χ2v) is 4.64. The summed E-state index contributed by atoms with van der Waals surface area (Å²) in [7, 11) is 0. The van der Waals surface area contributed by atoms with Gasteiger partial charge in [-0.2, -0.15) is 0 Å². The van der Waals surface area contributed by atoms with Gasteiger partial charge >= 0.3 is 0 Å². The van der Waals surface area contributed by atoms with E-state index in [1.807, 2.05) is 0 Å². The Bertz CT molecular complexity index is 179. The molecule has 0 bridgehead atoms. The summed E-state index contributed by atoms with van der Waals surface area (Å²) in [6.45, 7) is 4.43. The second-order valence-electron chi connectivity index (χ2n) is 4.64. The lowest BCUT2D eigenvalue weighted by Gasteiger charge is -2.11. The minimum absolute atomic E-state index is 0.262. The number of rotatable bonds is 5. The Kier molecular flexibility index (Phi) is 4.99. The van der Waals surface area contributed by atoms with Gasteiger partial charge in [0.05, 0.1) is 0 Å². The fourth-order valence-electron chi connectivity index (χ4n) is 2.17. The summed E-state index contributed by atoms with van der Waals surface area (Å²) in [5.74, 6) is 1.06. The molecule has 0 aromatic carbocycles. The third kappa shape index (κ3) is 4.12. The molecule has 82 valence electrons. The van der Waals surface area contributed by atoms with Crippen molar-refractivity contribution in [1.82, 2.24) is 5.32 Å². The Morgan fingerprint density at radius 3 is 2.71 bits per heavy atom. The molecule has 0 spiro atoms. The number of hydrogen-bond donors (Lipinski definition) is 1. The highest BCUT2D eigenvalue weighted by molar-refractivity contribution is 5.76. The normalized spacial score (nSPS) is 26.4. The van der Waals surface area contributed by atoms with Crippen molar-refractivity contribution in [3.63, 3.8) is 0 Å².